The van der Waals surface area contributed by atoms with E-state index in [1.807, 2.05) is 0 Å². The van der Waals surface area contributed by atoms with Crippen LogP contribution in [0.3, 0.4) is 0 Å². The van der Waals surface area contributed by atoms with E-state index >= 15 is 0 Å². The largest absolute Gasteiger partial charge is 0.462 e. The maximum atomic E-state index is 13.6. The number of fused-ring (bicyclic) bond motifs is 1. The molecule has 28 heavy (non-hydrogen) atoms. The smallest absolute Gasteiger partial charge is 0.341 e. The fraction of sp³-hybridized carbons (Fsp3) is 0.350. The zero-order valence-electron chi connectivity index (χ0n) is 15.8. The molecule has 3 rings (SSSR count). The highest BCUT2D eigenvalue weighted by Crippen LogP contribution is 2.40. The number of urea groups is 1. The maximum absolute atomic E-state index is 13.6. The summed E-state index contributed by atoms with van der Waals surface area (Å²) in [6.45, 7) is 4.18. The van der Waals surface area contributed by atoms with Gasteiger partial charge in [0.25, 0.3) is 0 Å². The van der Waals surface area contributed by atoms with Gasteiger partial charge in [-0.25, -0.2) is 19.4 Å². The topological polar surface area (TPSA) is 79.8 Å². The summed E-state index contributed by atoms with van der Waals surface area (Å²) in [5.74, 6) is -0.328. The zero-order valence-corrected chi connectivity index (χ0v) is 16.6. The lowest BCUT2D eigenvalue weighted by atomic mass is 9.88. The molecule has 1 aromatic heterocycles. The van der Waals surface area contributed by atoms with Crippen LogP contribution in [0.5, 0.6) is 0 Å². The molecule has 6 nitrogen and oxygen atoms in total. The molecule has 0 bridgehead atoms. The molecule has 1 aliphatic rings. The van der Waals surface area contributed by atoms with Gasteiger partial charge in [0, 0.05) is 10.4 Å². The summed E-state index contributed by atoms with van der Waals surface area (Å²) in [6.07, 6.45) is 3.88. The fourth-order valence-corrected chi connectivity index (χ4v) is 4.52. The second-order valence-electron chi connectivity index (χ2n) is 6.62. The quantitative estimate of drug-likeness (QED) is 0.443. The predicted octanol–water partition coefficient (Wildman–Crippen LogP) is 4.34. The molecule has 1 aliphatic carbocycles. The van der Waals surface area contributed by atoms with Crippen LogP contribution in [0, 0.1) is 11.7 Å². The summed E-state index contributed by atoms with van der Waals surface area (Å²) in [4.78, 5) is 25.8. The zero-order chi connectivity index (χ0) is 20.1. The van der Waals surface area contributed by atoms with E-state index in [2.05, 4.69) is 22.8 Å². The molecule has 0 spiro atoms. The van der Waals surface area contributed by atoms with Gasteiger partial charge in [-0.3, -0.25) is 5.32 Å². The van der Waals surface area contributed by atoms with E-state index in [0.29, 0.717) is 16.5 Å². The van der Waals surface area contributed by atoms with Crippen LogP contribution in [-0.2, 0) is 17.6 Å². The Kier molecular flexibility index (Phi) is 6.41. The average molecular weight is 403 g/mol. The molecule has 148 valence electrons. The van der Waals surface area contributed by atoms with Gasteiger partial charge in [-0.15, -0.1) is 11.3 Å². The number of hydrogen-bond acceptors (Lipinski definition) is 5. The molecule has 2 aromatic rings. The minimum atomic E-state index is -0.607. The van der Waals surface area contributed by atoms with Crippen LogP contribution in [0.2, 0.25) is 0 Å². The van der Waals surface area contributed by atoms with E-state index in [-0.39, 0.29) is 12.2 Å². The molecule has 0 fully saturated rings. The molecular weight excluding hydrogens is 381 g/mol. The average Bonchev–Trinajstić information content (AvgIpc) is 3.00. The highest BCUT2D eigenvalue weighted by Gasteiger charge is 2.29. The summed E-state index contributed by atoms with van der Waals surface area (Å²) in [5, 5.41) is 6.90. The van der Waals surface area contributed by atoms with Gasteiger partial charge in [0.1, 0.15) is 10.8 Å². The van der Waals surface area contributed by atoms with Crippen LogP contribution < -0.4 is 10.7 Å². The van der Waals surface area contributed by atoms with Crippen LogP contribution in [0.4, 0.5) is 14.2 Å². The molecular formula is C20H22FN3O3S. The molecule has 2 amide bonds. The van der Waals surface area contributed by atoms with Gasteiger partial charge in [0.15, 0.2) is 0 Å². The molecule has 1 atom stereocenters. The van der Waals surface area contributed by atoms with Crippen LogP contribution >= 0.6 is 11.3 Å². The second-order valence-corrected chi connectivity index (χ2v) is 7.73. The van der Waals surface area contributed by atoms with E-state index in [1.165, 1.54) is 23.6 Å². The number of rotatable bonds is 5. The lowest BCUT2D eigenvalue weighted by molar-refractivity contribution is 0.0526. The van der Waals surface area contributed by atoms with Crippen molar-refractivity contribution >= 4 is 34.6 Å². The first-order valence-electron chi connectivity index (χ1n) is 9.15. The molecule has 0 aliphatic heterocycles. The Morgan fingerprint density at radius 3 is 2.93 bits per heavy atom. The van der Waals surface area contributed by atoms with Gasteiger partial charge in [-0.1, -0.05) is 25.1 Å². The number of thiophene rings is 1. The van der Waals surface area contributed by atoms with Crippen molar-refractivity contribution in [1.29, 1.82) is 0 Å². The van der Waals surface area contributed by atoms with Crippen LogP contribution in [-0.4, -0.2) is 24.8 Å². The minimum Gasteiger partial charge on any atom is -0.462 e. The molecule has 0 saturated heterocycles. The van der Waals surface area contributed by atoms with Gasteiger partial charge in [-0.2, -0.15) is 5.10 Å². The fourth-order valence-electron chi connectivity index (χ4n) is 3.13. The number of hydrazone groups is 1. The van der Waals surface area contributed by atoms with E-state index in [1.54, 1.807) is 25.1 Å². The number of amides is 2. The van der Waals surface area contributed by atoms with Crippen LogP contribution in [0.25, 0.3) is 0 Å². The first-order valence-corrected chi connectivity index (χ1v) is 9.97. The number of ether oxygens (including phenoxy) is 1. The summed E-state index contributed by atoms with van der Waals surface area (Å²) in [5.41, 5.74) is 3.96. The minimum absolute atomic E-state index is 0.260. The normalized spacial score (nSPS) is 15.9. The van der Waals surface area contributed by atoms with Gasteiger partial charge in [-0.05, 0) is 43.7 Å². The van der Waals surface area contributed by atoms with E-state index in [0.717, 1.165) is 29.7 Å². The third-order valence-electron chi connectivity index (χ3n) is 4.49. The molecule has 0 radical (unpaired) electrons. The van der Waals surface area contributed by atoms with E-state index in [4.69, 9.17) is 4.74 Å². The Bertz CT molecular complexity index is 910. The molecule has 1 aromatic carbocycles. The maximum Gasteiger partial charge on any atom is 0.341 e. The Morgan fingerprint density at radius 2 is 2.18 bits per heavy atom. The standard InChI is InChI=1S/C20H22FN3O3S/c1-3-27-19(25)17-14-9-8-12(2)10-16(14)28-18(17)23-20(26)24-22-11-13-6-4-5-7-15(13)21/h4-7,11-12H,3,8-10H2,1-2H3,(H2,23,24,26)/b22-11+. The highest BCUT2D eigenvalue weighted by molar-refractivity contribution is 7.17. The number of nitrogens with zero attached hydrogens (tertiary/aromatic N) is 1. The number of halogens is 1. The van der Waals surface area contributed by atoms with Crippen molar-refractivity contribution in [2.24, 2.45) is 11.0 Å². The van der Waals surface area contributed by atoms with Gasteiger partial charge >= 0.3 is 12.0 Å². The summed E-state index contributed by atoms with van der Waals surface area (Å²) in [7, 11) is 0. The van der Waals surface area contributed by atoms with Crippen LogP contribution in [0.15, 0.2) is 29.4 Å². The van der Waals surface area contributed by atoms with E-state index in [9.17, 15) is 14.0 Å². The number of esters is 1. The number of anilines is 1. The van der Waals surface area contributed by atoms with Crippen molar-refractivity contribution in [1.82, 2.24) is 5.43 Å². The number of carbonyl (C=O) groups is 2. The Hall–Kier alpha value is -2.74. The second kappa shape index (κ2) is 8.97. The third kappa shape index (κ3) is 4.56. The van der Waals surface area contributed by atoms with Crippen molar-refractivity contribution in [3.63, 3.8) is 0 Å². The lowest BCUT2D eigenvalue weighted by Crippen LogP contribution is -2.25. The van der Waals surface area contributed by atoms with Gasteiger partial charge in [0.2, 0.25) is 0 Å². The Morgan fingerprint density at radius 1 is 1.39 bits per heavy atom. The van der Waals surface area contributed by atoms with Crippen molar-refractivity contribution in [2.75, 3.05) is 11.9 Å². The van der Waals surface area contributed by atoms with Crippen molar-refractivity contribution in [2.45, 2.75) is 33.1 Å². The molecule has 1 heterocycles. The monoisotopic (exact) mass is 403 g/mol. The van der Waals surface area contributed by atoms with E-state index < -0.39 is 17.8 Å². The molecule has 0 saturated carbocycles. The number of hydrogen-bond donors (Lipinski definition) is 2. The SMILES string of the molecule is CCOC(=O)c1c(NC(=O)N/N=C/c2ccccc2F)sc2c1CCC(C)C2. The Labute approximate surface area is 166 Å². The van der Waals surface area contributed by atoms with Gasteiger partial charge in [0.05, 0.1) is 18.4 Å². The lowest BCUT2D eigenvalue weighted by Gasteiger charge is -2.18. The predicted molar refractivity (Wildman–Crippen MR) is 108 cm³/mol. The van der Waals surface area contributed by atoms with Crippen molar-refractivity contribution in [3.8, 4) is 0 Å². The summed E-state index contributed by atoms with van der Waals surface area (Å²) < 4.78 is 18.7. The van der Waals surface area contributed by atoms with Crippen molar-refractivity contribution < 1.29 is 18.7 Å². The first-order chi connectivity index (χ1) is 13.5. The summed E-state index contributed by atoms with van der Waals surface area (Å²) >= 11 is 1.40. The number of benzene rings is 1. The molecule has 2 N–H and O–H groups in total. The van der Waals surface area contributed by atoms with Gasteiger partial charge < -0.3 is 4.74 Å². The highest BCUT2D eigenvalue weighted by atomic mass is 32.1. The van der Waals surface area contributed by atoms with Crippen molar-refractivity contribution in [3.05, 3.63) is 51.7 Å². The third-order valence-corrected chi connectivity index (χ3v) is 5.66. The number of nitrogens with one attached hydrogen (secondary N) is 2. The molecule has 8 heteroatoms. The first kappa shape index (κ1) is 20.0. The Balaban J connectivity index is 1.74. The summed E-state index contributed by atoms with van der Waals surface area (Å²) in [6, 6.07) is 5.50. The molecule has 1 unspecified atom stereocenters. The van der Waals surface area contributed by atoms with Crippen LogP contribution in [0.1, 0.15) is 46.6 Å². The number of carbonyl (C=O) groups excluding carboxylic acids is 2.